The van der Waals surface area contributed by atoms with Crippen LogP contribution in [0.2, 0.25) is 0 Å². The summed E-state index contributed by atoms with van der Waals surface area (Å²) in [6, 6.07) is -0.831. The highest BCUT2D eigenvalue weighted by molar-refractivity contribution is 7.47. The molecule has 154 valence electrons. The molecule has 1 amide bonds. The summed E-state index contributed by atoms with van der Waals surface area (Å²) in [5.41, 5.74) is 0. The van der Waals surface area contributed by atoms with E-state index in [-0.39, 0.29) is 19.1 Å². The topological polar surface area (TPSA) is 105 Å². The summed E-state index contributed by atoms with van der Waals surface area (Å²) < 4.78 is 22.5. The summed E-state index contributed by atoms with van der Waals surface area (Å²) in [4.78, 5) is 21.7. The molecule has 0 bridgehead atoms. The number of likely N-dealkylation sites (N-methyl/N-ethyl adjacent to an activating group) is 1. The van der Waals surface area contributed by atoms with Crippen molar-refractivity contribution in [3.05, 3.63) is 12.2 Å². The van der Waals surface area contributed by atoms with E-state index in [1.165, 1.54) is 6.08 Å². The van der Waals surface area contributed by atoms with Gasteiger partial charge in [0.2, 0.25) is 5.91 Å². The molecule has 0 rings (SSSR count). The summed E-state index contributed by atoms with van der Waals surface area (Å²) >= 11 is 0. The van der Waals surface area contributed by atoms with Crippen LogP contribution >= 0.6 is 7.82 Å². The van der Waals surface area contributed by atoms with Crippen molar-refractivity contribution in [2.45, 2.75) is 51.7 Å². The van der Waals surface area contributed by atoms with Crippen LogP contribution in [0.5, 0.6) is 0 Å². The maximum absolute atomic E-state index is 12.0. The molecule has 8 nitrogen and oxygen atoms in total. The van der Waals surface area contributed by atoms with E-state index in [4.69, 9.17) is 9.05 Å². The van der Waals surface area contributed by atoms with Crippen LogP contribution in [0.3, 0.4) is 0 Å². The summed E-state index contributed by atoms with van der Waals surface area (Å²) in [5, 5.41) is 12.8. The van der Waals surface area contributed by atoms with Crippen molar-refractivity contribution in [1.82, 2.24) is 5.32 Å². The number of phosphoric ester groups is 1. The number of carbonyl (C=O) groups is 1. The number of quaternary nitrogens is 1. The van der Waals surface area contributed by atoms with E-state index in [0.717, 1.165) is 19.3 Å². The number of nitrogens with zero attached hydrogens (tertiary/aromatic N) is 1. The van der Waals surface area contributed by atoms with E-state index in [9.17, 15) is 19.4 Å². The fourth-order valence-corrected chi connectivity index (χ4v) is 2.75. The fraction of sp³-hybridized carbons (Fsp3) is 0.824. The van der Waals surface area contributed by atoms with Crippen LogP contribution in [0.25, 0.3) is 0 Å². The van der Waals surface area contributed by atoms with Crippen LogP contribution in [-0.4, -0.2) is 73.4 Å². The van der Waals surface area contributed by atoms with E-state index >= 15 is 0 Å². The smallest absolute Gasteiger partial charge is 0.387 e. The third-order valence-corrected chi connectivity index (χ3v) is 4.57. The second kappa shape index (κ2) is 12.6. The lowest BCUT2D eigenvalue weighted by Crippen LogP contribution is -2.45. The number of phosphoric acid groups is 1. The van der Waals surface area contributed by atoms with E-state index in [1.54, 1.807) is 13.0 Å². The van der Waals surface area contributed by atoms with Gasteiger partial charge in [0.25, 0.3) is 0 Å². The van der Waals surface area contributed by atoms with Gasteiger partial charge in [0.1, 0.15) is 13.2 Å². The highest BCUT2D eigenvalue weighted by atomic mass is 31.2. The first kappa shape index (κ1) is 25.2. The van der Waals surface area contributed by atoms with Gasteiger partial charge in [-0.2, -0.15) is 0 Å². The van der Waals surface area contributed by atoms with Crippen LogP contribution in [0.4, 0.5) is 0 Å². The van der Waals surface area contributed by atoms with Crippen molar-refractivity contribution in [3.63, 3.8) is 0 Å². The molecule has 0 saturated carbocycles. The number of carbonyl (C=O) groups excluding carboxylic acids is 1. The van der Waals surface area contributed by atoms with Crippen molar-refractivity contribution in [2.24, 2.45) is 0 Å². The first-order valence-corrected chi connectivity index (χ1v) is 10.5. The van der Waals surface area contributed by atoms with Gasteiger partial charge < -0.3 is 19.8 Å². The standard InChI is InChI=1S/C17H35N2O6P/c1-6-8-9-11-17(21)18-15(16(20)10-7-2)14-25-26(22,23)24-13-12-19(3,4)5/h7,10,15-16,20H,6,8-9,11-14H2,1-5H3,(H-,18,21,22,23)/p+1/b10-7+/t15-,16+/m0/s1. The molecule has 0 aromatic rings. The Morgan fingerprint density at radius 1 is 1.27 bits per heavy atom. The second-order valence-corrected chi connectivity index (χ2v) is 8.71. The SMILES string of the molecule is C/C=C/[C@@H](O)[C@H](COP(=O)(O)OCC[N+](C)(C)C)NC(=O)CCCCC. The molecule has 0 aliphatic rings. The number of rotatable bonds is 14. The molecule has 0 radical (unpaired) electrons. The third-order valence-electron chi connectivity index (χ3n) is 3.59. The van der Waals surface area contributed by atoms with Crippen LogP contribution in [0, 0.1) is 0 Å². The van der Waals surface area contributed by atoms with E-state index in [1.807, 2.05) is 28.1 Å². The van der Waals surface area contributed by atoms with Crippen molar-refractivity contribution >= 4 is 13.7 Å². The monoisotopic (exact) mass is 395 g/mol. The van der Waals surface area contributed by atoms with Gasteiger partial charge in [-0.1, -0.05) is 31.9 Å². The number of unbranched alkanes of at least 4 members (excludes halogenated alkanes) is 2. The van der Waals surface area contributed by atoms with Gasteiger partial charge in [0, 0.05) is 6.42 Å². The highest BCUT2D eigenvalue weighted by Crippen LogP contribution is 2.43. The van der Waals surface area contributed by atoms with Crippen molar-refractivity contribution in [2.75, 3.05) is 40.9 Å². The molecule has 0 spiro atoms. The quantitative estimate of drug-likeness (QED) is 0.179. The molecule has 26 heavy (non-hydrogen) atoms. The zero-order chi connectivity index (χ0) is 20.2. The number of allylic oxidation sites excluding steroid dienone is 1. The van der Waals surface area contributed by atoms with Crippen molar-refractivity contribution < 1.29 is 32.9 Å². The Morgan fingerprint density at radius 3 is 2.46 bits per heavy atom. The minimum absolute atomic E-state index is 0.0583. The number of hydrogen-bond acceptors (Lipinski definition) is 5. The molecule has 0 saturated heterocycles. The molecule has 0 aliphatic carbocycles. The summed E-state index contributed by atoms with van der Waals surface area (Å²) in [7, 11) is 1.55. The Bertz CT molecular complexity index is 478. The van der Waals surface area contributed by atoms with Crippen molar-refractivity contribution in [1.29, 1.82) is 0 Å². The average Bonchev–Trinajstić information content (AvgIpc) is 2.50. The number of nitrogens with one attached hydrogen (secondary N) is 1. The first-order valence-electron chi connectivity index (χ1n) is 9.03. The first-order chi connectivity index (χ1) is 12.0. The molecule has 9 heteroatoms. The van der Waals surface area contributed by atoms with E-state index in [0.29, 0.717) is 17.4 Å². The molecule has 3 N–H and O–H groups in total. The van der Waals surface area contributed by atoms with E-state index < -0.39 is 20.0 Å². The summed E-state index contributed by atoms with van der Waals surface area (Å²) in [5.74, 6) is -0.227. The number of hydrogen-bond donors (Lipinski definition) is 3. The number of aliphatic hydroxyl groups excluding tert-OH is 1. The normalized spacial score (nSPS) is 17.0. The van der Waals surface area contributed by atoms with Gasteiger partial charge in [-0.05, 0) is 13.3 Å². The fourth-order valence-electron chi connectivity index (χ4n) is 2.01. The Labute approximate surface area is 157 Å². The molecular weight excluding hydrogens is 359 g/mol. The van der Waals surface area contributed by atoms with Gasteiger partial charge in [-0.25, -0.2) is 4.57 Å². The minimum Gasteiger partial charge on any atom is -0.387 e. The lowest BCUT2D eigenvalue weighted by Gasteiger charge is -2.25. The van der Waals surface area contributed by atoms with E-state index in [2.05, 4.69) is 5.32 Å². The molecular formula is C17H36N2O6P+. The molecule has 0 aliphatic heterocycles. The predicted molar refractivity (Wildman–Crippen MR) is 102 cm³/mol. The lowest BCUT2D eigenvalue weighted by atomic mass is 10.1. The Hall–Kier alpha value is -0.760. The Balaban J connectivity index is 4.61. The summed E-state index contributed by atoms with van der Waals surface area (Å²) in [6.45, 7) is 4.04. The second-order valence-electron chi connectivity index (χ2n) is 7.26. The predicted octanol–water partition coefficient (Wildman–Crippen LogP) is 1.83. The Morgan fingerprint density at radius 2 is 1.92 bits per heavy atom. The van der Waals surface area contributed by atoms with Gasteiger partial charge >= 0.3 is 7.82 Å². The molecule has 1 unspecified atom stereocenters. The van der Waals surface area contributed by atoms with Gasteiger partial charge in [-0.3, -0.25) is 13.8 Å². The number of aliphatic hydroxyl groups is 1. The maximum atomic E-state index is 12.0. The average molecular weight is 395 g/mol. The minimum atomic E-state index is -4.26. The van der Waals surface area contributed by atoms with Crippen LogP contribution in [0.1, 0.15) is 39.5 Å². The highest BCUT2D eigenvalue weighted by Gasteiger charge is 2.27. The van der Waals surface area contributed by atoms with Crippen LogP contribution < -0.4 is 5.32 Å². The molecule has 0 fully saturated rings. The van der Waals surface area contributed by atoms with Crippen molar-refractivity contribution in [3.8, 4) is 0 Å². The molecule has 3 atom stereocenters. The van der Waals surface area contributed by atoms with Gasteiger partial charge in [0.05, 0.1) is 39.9 Å². The zero-order valence-corrected chi connectivity index (χ0v) is 17.6. The zero-order valence-electron chi connectivity index (χ0n) is 16.7. The molecule has 0 heterocycles. The van der Waals surface area contributed by atoms with Gasteiger partial charge in [0.15, 0.2) is 0 Å². The number of amides is 1. The van der Waals surface area contributed by atoms with Crippen LogP contribution in [-0.2, 0) is 18.4 Å². The lowest BCUT2D eigenvalue weighted by molar-refractivity contribution is -0.870. The molecule has 0 aromatic carbocycles. The van der Waals surface area contributed by atoms with Gasteiger partial charge in [-0.15, -0.1) is 0 Å². The third kappa shape index (κ3) is 13.4. The maximum Gasteiger partial charge on any atom is 0.472 e. The van der Waals surface area contributed by atoms with Crippen LogP contribution in [0.15, 0.2) is 12.2 Å². The summed E-state index contributed by atoms with van der Waals surface area (Å²) in [6.07, 6.45) is 5.13. The molecule has 0 aromatic heterocycles. The largest absolute Gasteiger partial charge is 0.472 e. The Kier molecular flexibility index (Phi) is 12.2.